The fourth-order valence-corrected chi connectivity index (χ4v) is 4.46. The van der Waals surface area contributed by atoms with Gasteiger partial charge in [-0.25, -0.2) is 8.42 Å². The number of amides is 1. The van der Waals surface area contributed by atoms with E-state index in [1.165, 1.54) is 5.56 Å². The van der Waals surface area contributed by atoms with Crippen LogP contribution in [0.15, 0.2) is 30.3 Å². The Morgan fingerprint density at radius 3 is 2.45 bits per heavy atom. The molecule has 0 bridgehead atoms. The van der Waals surface area contributed by atoms with Crippen molar-refractivity contribution in [3.05, 3.63) is 35.9 Å². The third kappa shape index (κ3) is 3.67. The largest absolute Gasteiger partial charge is 0.341 e. The van der Waals surface area contributed by atoms with Gasteiger partial charge in [-0.3, -0.25) is 9.69 Å². The van der Waals surface area contributed by atoms with Gasteiger partial charge in [0.05, 0.1) is 18.1 Å². The van der Waals surface area contributed by atoms with E-state index >= 15 is 0 Å². The molecule has 1 atom stereocenters. The lowest BCUT2D eigenvalue weighted by Crippen LogP contribution is -2.46. The number of sulfone groups is 1. The number of rotatable bonds is 3. The molecule has 1 amide bonds. The van der Waals surface area contributed by atoms with Crippen LogP contribution in [0.4, 0.5) is 0 Å². The van der Waals surface area contributed by atoms with Gasteiger partial charge < -0.3 is 4.90 Å². The smallest absolute Gasteiger partial charge is 0.236 e. The van der Waals surface area contributed by atoms with E-state index in [9.17, 15) is 13.2 Å². The lowest BCUT2D eigenvalue weighted by atomic mass is 9.99. The van der Waals surface area contributed by atoms with Crippen LogP contribution < -0.4 is 0 Å². The molecule has 2 heterocycles. The first kappa shape index (κ1) is 15.5. The van der Waals surface area contributed by atoms with Crippen LogP contribution in [0.3, 0.4) is 0 Å². The second-order valence-electron chi connectivity index (χ2n) is 6.16. The van der Waals surface area contributed by atoms with Gasteiger partial charge in [-0.1, -0.05) is 30.3 Å². The van der Waals surface area contributed by atoms with E-state index in [4.69, 9.17) is 0 Å². The van der Waals surface area contributed by atoms with Crippen molar-refractivity contribution < 1.29 is 13.2 Å². The van der Waals surface area contributed by atoms with Crippen LogP contribution in [0.2, 0.25) is 0 Å². The highest BCUT2D eigenvalue weighted by molar-refractivity contribution is 7.91. The molecule has 5 nitrogen and oxygen atoms in total. The maximum absolute atomic E-state index is 12.4. The Balaban J connectivity index is 1.52. The van der Waals surface area contributed by atoms with Crippen LogP contribution >= 0.6 is 0 Å². The van der Waals surface area contributed by atoms with Gasteiger partial charge in [-0.15, -0.1) is 0 Å². The number of hydrogen-bond acceptors (Lipinski definition) is 4. The van der Waals surface area contributed by atoms with Crippen molar-refractivity contribution in [2.24, 2.45) is 0 Å². The molecule has 6 heteroatoms. The Bertz CT molecular complexity index is 616. The Hall–Kier alpha value is -1.40. The number of hydrogen-bond donors (Lipinski definition) is 0. The molecule has 0 N–H and O–H groups in total. The van der Waals surface area contributed by atoms with E-state index in [-0.39, 0.29) is 17.4 Å². The van der Waals surface area contributed by atoms with Gasteiger partial charge in [-0.05, 0) is 12.0 Å². The van der Waals surface area contributed by atoms with E-state index in [0.717, 1.165) is 19.5 Å². The molecule has 0 saturated carbocycles. The van der Waals surface area contributed by atoms with Crippen molar-refractivity contribution in [3.8, 4) is 0 Å². The molecule has 0 radical (unpaired) electrons. The van der Waals surface area contributed by atoms with Crippen molar-refractivity contribution in [1.82, 2.24) is 9.80 Å². The predicted octanol–water partition coefficient (Wildman–Crippen LogP) is 0.733. The van der Waals surface area contributed by atoms with Crippen molar-refractivity contribution in [1.29, 1.82) is 0 Å². The van der Waals surface area contributed by atoms with E-state index < -0.39 is 9.84 Å². The summed E-state index contributed by atoms with van der Waals surface area (Å²) >= 11 is 0. The highest BCUT2D eigenvalue weighted by Crippen LogP contribution is 2.27. The fraction of sp³-hybridized carbons (Fsp3) is 0.562. The second-order valence-corrected chi connectivity index (χ2v) is 8.47. The third-order valence-corrected chi connectivity index (χ3v) is 6.22. The molecular weight excluding hydrogens is 300 g/mol. The normalized spacial score (nSPS) is 25.3. The summed E-state index contributed by atoms with van der Waals surface area (Å²) in [6.45, 7) is 2.87. The standard InChI is InChI=1S/C16H22N2O3S/c19-16(13-17-8-10-22(20,21)11-9-17)18-7-6-15(12-18)14-4-2-1-3-5-14/h1-5,15H,6-13H2/t15-/m1/s1. The summed E-state index contributed by atoms with van der Waals surface area (Å²) in [7, 11) is -2.88. The summed E-state index contributed by atoms with van der Waals surface area (Å²) in [5.41, 5.74) is 1.29. The maximum atomic E-state index is 12.4. The topological polar surface area (TPSA) is 57.7 Å². The van der Waals surface area contributed by atoms with Crippen molar-refractivity contribution in [3.63, 3.8) is 0 Å². The van der Waals surface area contributed by atoms with Crippen LogP contribution in [0.5, 0.6) is 0 Å². The van der Waals surface area contributed by atoms with Gasteiger partial charge in [0.25, 0.3) is 0 Å². The zero-order valence-electron chi connectivity index (χ0n) is 12.6. The molecule has 3 rings (SSSR count). The van der Waals surface area contributed by atoms with Gasteiger partial charge in [0, 0.05) is 32.1 Å². The SMILES string of the molecule is O=C(CN1CCS(=O)(=O)CC1)N1CC[C@@H](c2ccccc2)C1. The van der Waals surface area contributed by atoms with Crippen molar-refractivity contribution >= 4 is 15.7 Å². The molecule has 2 saturated heterocycles. The molecular formula is C16H22N2O3S. The zero-order valence-corrected chi connectivity index (χ0v) is 13.5. The van der Waals surface area contributed by atoms with Crippen LogP contribution in [0.1, 0.15) is 17.9 Å². The molecule has 2 aliphatic rings. The molecule has 2 aliphatic heterocycles. The predicted molar refractivity (Wildman–Crippen MR) is 85.5 cm³/mol. The molecule has 2 fully saturated rings. The molecule has 22 heavy (non-hydrogen) atoms. The molecule has 0 aromatic heterocycles. The first-order chi connectivity index (χ1) is 10.5. The minimum absolute atomic E-state index is 0.123. The summed E-state index contributed by atoms with van der Waals surface area (Å²) in [4.78, 5) is 16.3. The number of nitrogens with zero attached hydrogens (tertiary/aromatic N) is 2. The summed E-state index contributed by atoms with van der Waals surface area (Å²) in [6, 6.07) is 10.3. The summed E-state index contributed by atoms with van der Waals surface area (Å²) in [5, 5.41) is 0. The quantitative estimate of drug-likeness (QED) is 0.823. The zero-order chi connectivity index (χ0) is 15.6. The molecule has 1 aromatic rings. The van der Waals surface area contributed by atoms with Gasteiger partial charge in [0.1, 0.15) is 0 Å². The van der Waals surface area contributed by atoms with Crippen LogP contribution in [-0.2, 0) is 14.6 Å². The van der Waals surface area contributed by atoms with E-state index in [0.29, 0.717) is 25.6 Å². The van der Waals surface area contributed by atoms with Crippen molar-refractivity contribution in [2.45, 2.75) is 12.3 Å². The number of carbonyl (C=O) groups is 1. The van der Waals surface area contributed by atoms with Crippen LogP contribution in [0, 0.1) is 0 Å². The molecule has 1 aromatic carbocycles. The average Bonchev–Trinajstić information content (AvgIpc) is 3.00. The van der Waals surface area contributed by atoms with Gasteiger partial charge >= 0.3 is 0 Å². The third-order valence-electron chi connectivity index (χ3n) is 4.61. The van der Waals surface area contributed by atoms with Crippen molar-refractivity contribution in [2.75, 3.05) is 44.2 Å². The first-order valence-electron chi connectivity index (χ1n) is 7.79. The summed E-state index contributed by atoms with van der Waals surface area (Å²) < 4.78 is 22.8. The Morgan fingerprint density at radius 1 is 1.09 bits per heavy atom. The second kappa shape index (κ2) is 6.38. The van der Waals surface area contributed by atoms with E-state index in [2.05, 4.69) is 12.1 Å². The molecule has 0 unspecified atom stereocenters. The van der Waals surface area contributed by atoms with E-state index in [1.807, 2.05) is 28.0 Å². The van der Waals surface area contributed by atoms with Gasteiger partial charge in [0.15, 0.2) is 9.84 Å². The highest BCUT2D eigenvalue weighted by atomic mass is 32.2. The lowest BCUT2D eigenvalue weighted by Gasteiger charge is -2.28. The molecule has 0 aliphatic carbocycles. The first-order valence-corrected chi connectivity index (χ1v) is 9.61. The Labute approximate surface area is 131 Å². The minimum atomic E-state index is -2.88. The average molecular weight is 322 g/mol. The lowest BCUT2D eigenvalue weighted by molar-refractivity contribution is -0.131. The number of carbonyl (C=O) groups excluding carboxylic acids is 1. The van der Waals surface area contributed by atoms with Gasteiger partial charge in [-0.2, -0.15) is 0 Å². The monoisotopic (exact) mass is 322 g/mol. The fourth-order valence-electron chi connectivity index (χ4n) is 3.18. The van der Waals surface area contributed by atoms with Crippen LogP contribution in [-0.4, -0.2) is 68.4 Å². The molecule has 0 spiro atoms. The summed E-state index contributed by atoms with van der Waals surface area (Å²) in [5.74, 6) is 0.893. The Morgan fingerprint density at radius 2 is 1.77 bits per heavy atom. The maximum Gasteiger partial charge on any atom is 0.236 e. The number of likely N-dealkylation sites (tertiary alicyclic amines) is 1. The van der Waals surface area contributed by atoms with E-state index in [1.54, 1.807) is 0 Å². The minimum Gasteiger partial charge on any atom is -0.341 e. The highest BCUT2D eigenvalue weighted by Gasteiger charge is 2.29. The van der Waals surface area contributed by atoms with Crippen LogP contribution in [0.25, 0.3) is 0 Å². The Kier molecular flexibility index (Phi) is 4.49. The molecule has 120 valence electrons. The van der Waals surface area contributed by atoms with Gasteiger partial charge in [0.2, 0.25) is 5.91 Å². The summed E-state index contributed by atoms with van der Waals surface area (Å²) in [6.07, 6.45) is 1.00. The number of benzene rings is 1.